The highest BCUT2D eigenvalue weighted by Crippen LogP contribution is 2.05. The van der Waals surface area contributed by atoms with Crippen LogP contribution in [-0.4, -0.2) is 10.2 Å². The Morgan fingerprint density at radius 3 is 2.90 bits per heavy atom. The molecule has 0 aliphatic rings. The average molecular weight is 138 g/mol. The molecule has 0 fully saturated rings. The lowest BCUT2D eigenvalue weighted by Gasteiger charge is -2.05. The van der Waals surface area contributed by atoms with Crippen LogP contribution in [0.1, 0.15) is 18.7 Å². The van der Waals surface area contributed by atoms with Gasteiger partial charge in [-0.05, 0) is 19.1 Å². The van der Waals surface area contributed by atoms with E-state index in [1.807, 2.05) is 25.1 Å². The lowest BCUT2D eigenvalue weighted by Crippen LogP contribution is -2.14. The van der Waals surface area contributed by atoms with E-state index in [-0.39, 0.29) is 6.04 Å². The maximum Gasteiger partial charge on any atom is 0.0712 e. The molecule has 0 saturated carbocycles. The molecule has 2 N–H and O–H groups in total. The first-order chi connectivity index (χ1) is 4.84. The zero-order valence-electron chi connectivity index (χ0n) is 5.78. The Bertz CT molecular complexity index is 188. The van der Waals surface area contributed by atoms with Crippen LogP contribution in [0.25, 0.3) is 0 Å². The van der Waals surface area contributed by atoms with E-state index in [0.29, 0.717) is 0 Å². The van der Waals surface area contributed by atoms with Crippen LogP contribution in [0.3, 0.4) is 0 Å². The summed E-state index contributed by atoms with van der Waals surface area (Å²) in [5, 5.41) is 8.50. The van der Waals surface area contributed by atoms with Crippen molar-refractivity contribution in [2.45, 2.75) is 13.0 Å². The van der Waals surface area contributed by atoms with E-state index in [1.165, 1.54) is 0 Å². The molecular formula is C7H10N2O. The molecule has 0 unspecified atom stereocenters. The second kappa shape index (κ2) is 3.29. The Balaban J connectivity index is 2.75. The van der Waals surface area contributed by atoms with Crippen LogP contribution in [0.15, 0.2) is 24.4 Å². The third kappa shape index (κ3) is 1.52. The van der Waals surface area contributed by atoms with Gasteiger partial charge in [0.25, 0.3) is 0 Å². The fourth-order valence-electron chi connectivity index (χ4n) is 0.698. The Hall–Kier alpha value is -0.930. The van der Waals surface area contributed by atoms with E-state index in [9.17, 15) is 0 Å². The summed E-state index contributed by atoms with van der Waals surface area (Å²) in [5.41, 5.74) is 2.96. The second-order valence-corrected chi connectivity index (χ2v) is 2.11. The van der Waals surface area contributed by atoms with Gasteiger partial charge >= 0.3 is 0 Å². The minimum absolute atomic E-state index is 0.0961. The molecule has 1 heterocycles. The first kappa shape index (κ1) is 7.18. The first-order valence-electron chi connectivity index (χ1n) is 3.15. The maximum atomic E-state index is 8.50. The molecule has 1 atom stereocenters. The summed E-state index contributed by atoms with van der Waals surface area (Å²) in [6.07, 6.45) is 1.70. The minimum atomic E-state index is -0.0961. The fourth-order valence-corrected chi connectivity index (χ4v) is 0.698. The van der Waals surface area contributed by atoms with Crippen LogP contribution in [-0.2, 0) is 0 Å². The summed E-state index contributed by atoms with van der Waals surface area (Å²) >= 11 is 0. The van der Waals surface area contributed by atoms with Gasteiger partial charge in [-0.25, -0.2) is 0 Å². The van der Waals surface area contributed by atoms with Crippen LogP contribution < -0.4 is 5.48 Å². The Kier molecular flexibility index (Phi) is 2.36. The molecule has 1 aromatic rings. The third-order valence-corrected chi connectivity index (χ3v) is 1.33. The quantitative estimate of drug-likeness (QED) is 0.602. The normalized spacial score (nSPS) is 13.0. The van der Waals surface area contributed by atoms with Gasteiger partial charge in [-0.1, -0.05) is 6.07 Å². The summed E-state index contributed by atoms with van der Waals surface area (Å²) in [6, 6.07) is 5.48. The number of aromatic nitrogens is 1. The molecule has 0 radical (unpaired) electrons. The van der Waals surface area contributed by atoms with Gasteiger partial charge in [-0.2, -0.15) is 5.48 Å². The van der Waals surface area contributed by atoms with E-state index in [1.54, 1.807) is 6.20 Å². The van der Waals surface area contributed by atoms with Gasteiger partial charge in [0, 0.05) is 6.20 Å². The van der Waals surface area contributed by atoms with Crippen LogP contribution in [0.4, 0.5) is 0 Å². The van der Waals surface area contributed by atoms with Gasteiger partial charge in [0.05, 0.1) is 11.7 Å². The van der Waals surface area contributed by atoms with Crippen molar-refractivity contribution in [1.29, 1.82) is 0 Å². The van der Waals surface area contributed by atoms with Gasteiger partial charge in [0.15, 0.2) is 0 Å². The molecule has 54 valence electrons. The predicted molar refractivity (Wildman–Crippen MR) is 37.6 cm³/mol. The summed E-state index contributed by atoms with van der Waals surface area (Å²) < 4.78 is 0. The molecular weight excluding hydrogens is 128 g/mol. The second-order valence-electron chi connectivity index (χ2n) is 2.11. The lowest BCUT2D eigenvalue weighted by molar-refractivity contribution is 0.132. The van der Waals surface area contributed by atoms with E-state index in [2.05, 4.69) is 10.5 Å². The van der Waals surface area contributed by atoms with Crippen molar-refractivity contribution >= 4 is 0 Å². The van der Waals surface area contributed by atoms with Crippen molar-refractivity contribution in [3.05, 3.63) is 30.1 Å². The molecule has 0 spiro atoms. The van der Waals surface area contributed by atoms with Crippen molar-refractivity contribution in [2.75, 3.05) is 0 Å². The topological polar surface area (TPSA) is 45.1 Å². The Morgan fingerprint density at radius 1 is 1.60 bits per heavy atom. The standard InChI is InChI=1S/C7H10N2O/c1-6(9-10)7-4-2-3-5-8-7/h2-6,9-10H,1H3/t6-/m1/s1. The molecule has 1 rings (SSSR count). The summed E-state index contributed by atoms with van der Waals surface area (Å²) in [7, 11) is 0. The Morgan fingerprint density at radius 2 is 2.40 bits per heavy atom. The van der Waals surface area contributed by atoms with Gasteiger partial charge in [0.1, 0.15) is 0 Å². The molecule has 0 saturated heterocycles. The SMILES string of the molecule is C[C@@H](NO)c1ccccn1. The molecule has 0 amide bonds. The zero-order chi connectivity index (χ0) is 7.40. The van der Waals surface area contributed by atoms with Crippen LogP contribution >= 0.6 is 0 Å². The smallest absolute Gasteiger partial charge is 0.0712 e. The first-order valence-corrected chi connectivity index (χ1v) is 3.15. The number of hydroxylamine groups is 1. The van der Waals surface area contributed by atoms with Gasteiger partial charge < -0.3 is 5.21 Å². The largest absolute Gasteiger partial charge is 0.316 e. The molecule has 1 aromatic heterocycles. The molecule has 0 aromatic carbocycles. The maximum absolute atomic E-state index is 8.50. The van der Waals surface area contributed by atoms with E-state index in [4.69, 9.17) is 5.21 Å². The highest BCUT2D eigenvalue weighted by molar-refractivity contribution is 5.06. The number of hydrogen-bond donors (Lipinski definition) is 2. The van der Waals surface area contributed by atoms with Crippen LogP contribution in [0, 0.1) is 0 Å². The number of nitrogens with zero attached hydrogens (tertiary/aromatic N) is 1. The molecule has 3 heteroatoms. The Labute approximate surface area is 59.7 Å². The van der Waals surface area contributed by atoms with Crippen molar-refractivity contribution in [3.8, 4) is 0 Å². The van der Waals surface area contributed by atoms with Crippen LogP contribution in [0.2, 0.25) is 0 Å². The van der Waals surface area contributed by atoms with Gasteiger partial charge in [-0.15, -0.1) is 0 Å². The van der Waals surface area contributed by atoms with Crippen molar-refractivity contribution < 1.29 is 5.21 Å². The lowest BCUT2D eigenvalue weighted by atomic mass is 10.2. The van der Waals surface area contributed by atoms with Crippen molar-refractivity contribution in [2.24, 2.45) is 0 Å². The summed E-state index contributed by atoms with van der Waals surface area (Å²) in [6.45, 7) is 1.84. The highest BCUT2D eigenvalue weighted by atomic mass is 16.5. The molecule has 0 bridgehead atoms. The third-order valence-electron chi connectivity index (χ3n) is 1.33. The van der Waals surface area contributed by atoms with E-state index >= 15 is 0 Å². The molecule has 0 aliphatic heterocycles. The van der Waals surface area contributed by atoms with Gasteiger partial charge in [0.2, 0.25) is 0 Å². The molecule has 10 heavy (non-hydrogen) atoms. The van der Waals surface area contributed by atoms with E-state index < -0.39 is 0 Å². The molecule has 3 nitrogen and oxygen atoms in total. The van der Waals surface area contributed by atoms with Crippen LogP contribution in [0.5, 0.6) is 0 Å². The van der Waals surface area contributed by atoms with Crippen molar-refractivity contribution in [3.63, 3.8) is 0 Å². The number of nitrogens with one attached hydrogen (secondary N) is 1. The summed E-state index contributed by atoms with van der Waals surface area (Å²) in [5.74, 6) is 0. The molecule has 0 aliphatic carbocycles. The monoisotopic (exact) mass is 138 g/mol. The number of pyridine rings is 1. The number of hydrogen-bond acceptors (Lipinski definition) is 3. The average Bonchev–Trinajstić information content (AvgIpc) is 2.05. The van der Waals surface area contributed by atoms with Gasteiger partial charge in [-0.3, -0.25) is 4.98 Å². The fraction of sp³-hybridized carbons (Fsp3) is 0.286. The van der Waals surface area contributed by atoms with Crippen molar-refractivity contribution in [1.82, 2.24) is 10.5 Å². The summed E-state index contributed by atoms with van der Waals surface area (Å²) in [4.78, 5) is 4.03. The minimum Gasteiger partial charge on any atom is -0.316 e. The number of rotatable bonds is 2. The van der Waals surface area contributed by atoms with E-state index in [0.717, 1.165) is 5.69 Å². The predicted octanol–water partition coefficient (Wildman–Crippen LogP) is 1.12. The highest BCUT2D eigenvalue weighted by Gasteiger charge is 2.01. The zero-order valence-corrected chi connectivity index (χ0v) is 5.78.